The molecule has 0 aliphatic heterocycles. The molecule has 0 spiro atoms. The van der Waals surface area contributed by atoms with E-state index in [-0.39, 0.29) is 26.3 Å². The molecule has 5 heteroatoms. The summed E-state index contributed by atoms with van der Waals surface area (Å²) >= 11 is -0.269. The Morgan fingerprint density at radius 1 is 1.05 bits per heavy atom. The summed E-state index contributed by atoms with van der Waals surface area (Å²) in [5, 5.41) is 3.43. The predicted molar refractivity (Wildman–Crippen MR) is 79.2 cm³/mol. The molecule has 1 aromatic heterocycles. The van der Waals surface area contributed by atoms with Gasteiger partial charge in [0.1, 0.15) is 0 Å². The van der Waals surface area contributed by atoms with Gasteiger partial charge in [0, 0.05) is 0 Å². The van der Waals surface area contributed by atoms with Crippen LogP contribution in [0.3, 0.4) is 0 Å². The number of hydrogen-bond donors (Lipinski definition) is 1. The van der Waals surface area contributed by atoms with Crippen LogP contribution in [0.2, 0.25) is 0 Å². The maximum atomic E-state index is 12.1. The fourth-order valence-corrected chi connectivity index (χ4v) is 3.88. The van der Waals surface area contributed by atoms with Crippen molar-refractivity contribution in [2.24, 2.45) is 0 Å². The van der Waals surface area contributed by atoms with Crippen LogP contribution in [0.5, 0.6) is 0 Å². The van der Waals surface area contributed by atoms with Crippen LogP contribution in [-0.2, 0) is 6.54 Å². The molecule has 1 heterocycles. The van der Waals surface area contributed by atoms with Crippen molar-refractivity contribution in [3.63, 3.8) is 0 Å². The number of carbonyl (C=O) groups excluding carboxylic acids is 1. The van der Waals surface area contributed by atoms with E-state index in [9.17, 15) is 9.59 Å². The van der Waals surface area contributed by atoms with E-state index in [1.807, 2.05) is 48.5 Å². The number of nitrogens with zero attached hydrogens (tertiary/aromatic N) is 1. The first-order chi connectivity index (χ1) is 9.75. The average Bonchev–Trinajstić information content (AvgIpc) is 2.84. The second kappa shape index (κ2) is 5.49. The molecule has 0 aliphatic carbocycles. The van der Waals surface area contributed by atoms with Crippen molar-refractivity contribution in [2.75, 3.05) is 0 Å². The molecule has 0 atom stereocenters. The molecule has 0 unspecified atom stereocenters. The van der Waals surface area contributed by atoms with E-state index in [1.165, 1.54) is 3.56 Å². The summed E-state index contributed by atoms with van der Waals surface area (Å²) in [6, 6.07) is 16.7. The van der Waals surface area contributed by atoms with E-state index in [0.29, 0.717) is 11.9 Å². The van der Waals surface area contributed by atoms with Gasteiger partial charge in [0.2, 0.25) is 0 Å². The van der Waals surface area contributed by atoms with Gasteiger partial charge in [-0.15, -0.1) is 0 Å². The fraction of sp³-hybridized carbons (Fsp3) is 0.0667. The van der Waals surface area contributed by atoms with Crippen LogP contribution < -0.4 is 10.9 Å². The van der Waals surface area contributed by atoms with Gasteiger partial charge >= 0.3 is 121 Å². The van der Waals surface area contributed by atoms with E-state index < -0.39 is 0 Å². The Kier molecular flexibility index (Phi) is 3.54. The third-order valence-electron chi connectivity index (χ3n) is 2.96. The molecule has 0 radical (unpaired) electrons. The zero-order valence-corrected chi connectivity index (χ0v) is 12.3. The van der Waals surface area contributed by atoms with Gasteiger partial charge in [-0.05, 0) is 0 Å². The number of rotatable bonds is 2. The quantitative estimate of drug-likeness (QED) is 0.728. The Hall–Kier alpha value is -2.10. The summed E-state index contributed by atoms with van der Waals surface area (Å²) in [4.78, 5) is 24.2. The van der Waals surface area contributed by atoms with E-state index in [1.54, 1.807) is 6.07 Å². The third kappa shape index (κ3) is 2.46. The summed E-state index contributed by atoms with van der Waals surface area (Å²) in [7, 11) is 0. The minimum atomic E-state index is -0.324. The zero-order chi connectivity index (χ0) is 13.9. The SMILES string of the molecule is O=C(NCc1ccccc1)n1[se]c2ccccc2c1=O. The van der Waals surface area contributed by atoms with E-state index in [0.717, 1.165) is 9.82 Å². The van der Waals surface area contributed by atoms with Crippen molar-refractivity contribution in [1.29, 1.82) is 0 Å². The molecule has 2 aromatic carbocycles. The number of nitrogens with one attached hydrogen (secondary N) is 1. The van der Waals surface area contributed by atoms with Crippen LogP contribution in [0, 0.1) is 0 Å². The van der Waals surface area contributed by atoms with Crippen LogP contribution in [0.25, 0.3) is 9.65 Å². The number of benzene rings is 2. The van der Waals surface area contributed by atoms with Crippen molar-refractivity contribution in [3.8, 4) is 0 Å². The molecule has 3 rings (SSSR count). The Balaban J connectivity index is 1.83. The van der Waals surface area contributed by atoms with Crippen molar-refractivity contribution in [3.05, 3.63) is 70.5 Å². The van der Waals surface area contributed by atoms with Gasteiger partial charge in [0.25, 0.3) is 0 Å². The van der Waals surface area contributed by atoms with Gasteiger partial charge in [0.15, 0.2) is 0 Å². The fourth-order valence-electron chi connectivity index (χ4n) is 1.95. The molecular weight excluding hydrogens is 319 g/mol. The topological polar surface area (TPSA) is 51.1 Å². The van der Waals surface area contributed by atoms with Crippen LogP contribution >= 0.6 is 0 Å². The molecule has 1 amide bonds. The Labute approximate surface area is 121 Å². The van der Waals surface area contributed by atoms with E-state index >= 15 is 0 Å². The normalized spacial score (nSPS) is 10.6. The van der Waals surface area contributed by atoms with Gasteiger partial charge in [-0.2, -0.15) is 0 Å². The molecule has 4 nitrogen and oxygen atoms in total. The summed E-state index contributed by atoms with van der Waals surface area (Å²) in [6.45, 7) is 0.426. The zero-order valence-electron chi connectivity index (χ0n) is 10.6. The molecule has 3 aromatic rings. The van der Waals surface area contributed by atoms with Crippen molar-refractivity contribution in [2.45, 2.75) is 6.54 Å². The first-order valence-electron chi connectivity index (χ1n) is 6.19. The van der Waals surface area contributed by atoms with Crippen molar-refractivity contribution < 1.29 is 4.79 Å². The Bertz CT molecular complexity index is 805. The molecule has 0 bridgehead atoms. The first-order valence-corrected chi connectivity index (χ1v) is 7.81. The van der Waals surface area contributed by atoms with Crippen molar-refractivity contribution in [1.82, 2.24) is 8.88 Å². The molecule has 20 heavy (non-hydrogen) atoms. The number of fused-ring (bicyclic) bond motifs is 1. The first kappa shape index (κ1) is 12.9. The molecule has 0 saturated heterocycles. The average molecular weight is 331 g/mol. The number of hydrogen-bond acceptors (Lipinski definition) is 2. The van der Waals surface area contributed by atoms with Crippen LogP contribution in [0.4, 0.5) is 4.79 Å². The van der Waals surface area contributed by atoms with Gasteiger partial charge in [0.05, 0.1) is 0 Å². The third-order valence-corrected chi connectivity index (χ3v) is 5.20. The van der Waals surface area contributed by atoms with Crippen molar-refractivity contribution >= 4 is 30.4 Å². The van der Waals surface area contributed by atoms with Crippen LogP contribution in [0.1, 0.15) is 5.56 Å². The van der Waals surface area contributed by atoms with Crippen LogP contribution in [-0.4, -0.2) is 24.3 Å². The van der Waals surface area contributed by atoms with E-state index in [2.05, 4.69) is 5.32 Å². The second-order valence-electron chi connectivity index (χ2n) is 4.33. The molecule has 1 N–H and O–H groups in total. The Morgan fingerprint density at radius 3 is 2.50 bits per heavy atom. The number of aromatic nitrogens is 1. The van der Waals surface area contributed by atoms with Gasteiger partial charge < -0.3 is 0 Å². The van der Waals surface area contributed by atoms with Gasteiger partial charge in [-0.3, -0.25) is 0 Å². The summed E-state index contributed by atoms with van der Waals surface area (Å²) in [5.41, 5.74) is 0.809. The summed E-state index contributed by atoms with van der Waals surface area (Å²) in [5.74, 6) is 0. The van der Waals surface area contributed by atoms with E-state index in [4.69, 9.17) is 0 Å². The number of carbonyl (C=O) groups is 1. The maximum absolute atomic E-state index is 12.1. The minimum absolute atomic E-state index is 0.203. The Morgan fingerprint density at radius 2 is 1.75 bits per heavy atom. The monoisotopic (exact) mass is 332 g/mol. The standard InChI is InChI=1S/C15H12N2O2Se/c18-14-12-8-4-5-9-13(12)20-17(14)15(19)16-10-11-6-2-1-3-7-11/h1-9H,10H2,(H,16,19). The molecule has 100 valence electrons. The summed E-state index contributed by atoms with van der Waals surface area (Å²) < 4.78 is 2.26. The van der Waals surface area contributed by atoms with Gasteiger partial charge in [-0.25, -0.2) is 0 Å². The summed E-state index contributed by atoms with van der Waals surface area (Å²) in [6.07, 6.45) is 0. The predicted octanol–water partition coefficient (Wildman–Crippen LogP) is 1.82. The second-order valence-corrected chi connectivity index (χ2v) is 6.40. The number of amides is 1. The van der Waals surface area contributed by atoms with Gasteiger partial charge in [-0.1, -0.05) is 0 Å². The van der Waals surface area contributed by atoms with Crippen LogP contribution in [0.15, 0.2) is 59.4 Å². The molecular formula is C15H12N2O2Se. The molecule has 0 saturated carbocycles. The molecule has 0 aliphatic rings. The molecule has 0 fully saturated rings.